The molecule has 106 valence electrons. The van der Waals surface area contributed by atoms with Crippen molar-refractivity contribution in [2.45, 2.75) is 4.90 Å². The molecule has 2 N–H and O–H groups in total. The summed E-state index contributed by atoms with van der Waals surface area (Å²) in [6, 6.07) is 11.1. The molecule has 0 bridgehead atoms. The maximum atomic E-state index is 12.4. The average Bonchev–Trinajstić information content (AvgIpc) is 2.46. The van der Waals surface area contributed by atoms with Crippen molar-refractivity contribution in [2.24, 2.45) is 0 Å². The quantitative estimate of drug-likeness (QED) is 0.835. The van der Waals surface area contributed by atoms with Gasteiger partial charge < -0.3 is 5.73 Å². The molecule has 0 radical (unpaired) electrons. The van der Waals surface area contributed by atoms with Crippen LogP contribution in [0, 0.1) is 22.7 Å². The van der Waals surface area contributed by atoms with E-state index in [1.54, 1.807) is 24.3 Å². The van der Waals surface area contributed by atoms with Gasteiger partial charge in [0.25, 0.3) is 0 Å². The third-order valence-corrected chi connectivity index (χ3v) is 4.60. The van der Waals surface area contributed by atoms with E-state index < -0.39 is 10.0 Å². The summed E-state index contributed by atoms with van der Waals surface area (Å²) in [5, 5.41) is 18.0. The van der Waals surface area contributed by atoms with E-state index in [4.69, 9.17) is 16.3 Å². The van der Waals surface area contributed by atoms with Crippen LogP contribution in [-0.4, -0.2) is 30.8 Å². The second kappa shape index (κ2) is 5.75. The number of hydrogen-bond acceptors (Lipinski definition) is 6. The van der Waals surface area contributed by atoms with Gasteiger partial charge in [-0.15, -0.1) is 0 Å². The van der Waals surface area contributed by atoms with Crippen molar-refractivity contribution in [3.63, 3.8) is 0 Å². The molecule has 8 heteroatoms. The highest BCUT2D eigenvalue weighted by Crippen LogP contribution is 2.21. The van der Waals surface area contributed by atoms with Crippen LogP contribution < -0.4 is 5.73 Å². The van der Waals surface area contributed by atoms with E-state index in [1.165, 1.54) is 18.2 Å². The van der Waals surface area contributed by atoms with Gasteiger partial charge in [-0.25, -0.2) is 13.4 Å². The molecule has 1 heterocycles. The Morgan fingerprint density at radius 3 is 2.43 bits per heavy atom. The van der Waals surface area contributed by atoms with E-state index in [0.29, 0.717) is 16.7 Å². The molecule has 0 aliphatic heterocycles. The van der Waals surface area contributed by atoms with Gasteiger partial charge in [0.05, 0.1) is 22.6 Å². The van der Waals surface area contributed by atoms with E-state index in [0.717, 1.165) is 4.31 Å². The maximum absolute atomic E-state index is 12.4. The fraction of sp³-hybridized carbons (Fsp3) is 0.154. The van der Waals surface area contributed by atoms with E-state index >= 15 is 0 Å². The van der Waals surface area contributed by atoms with Gasteiger partial charge in [0.15, 0.2) is 0 Å². The van der Waals surface area contributed by atoms with Crippen molar-refractivity contribution < 1.29 is 8.42 Å². The normalized spacial score (nSPS) is 11.2. The lowest BCUT2D eigenvalue weighted by atomic mass is 10.2. The van der Waals surface area contributed by atoms with E-state index in [2.05, 4.69) is 4.98 Å². The predicted octanol–water partition coefficient (Wildman–Crippen LogP) is 0.855. The van der Waals surface area contributed by atoms with Crippen LogP contribution in [0.2, 0.25) is 0 Å². The zero-order chi connectivity index (χ0) is 15.5. The van der Waals surface area contributed by atoms with Gasteiger partial charge in [-0.1, -0.05) is 0 Å². The molecule has 1 aromatic heterocycles. The Bertz CT molecular complexity index is 848. The SMILES string of the molecule is N#CCN(CC#N)S(=O)(=O)c1ccc2nc(N)ccc2c1. The molecule has 0 unspecified atom stereocenters. The summed E-state index contributed by atoms with van der Waals surface area (Å²) in [5.74, 6) is 0.341. The molecule has 0 saturated carbocycles. The lowest BCUT2D eigenvalue weighted by Gasteiger charge is -2.16. The zero-order valence-electron chi connectivity index (χ0n) is 10.9. The van der Waals surface area contributed by atoms with E-state index in [9.17, 15) is 8.42 Å². The van der Waals surface area contributed by atoms with E-state index in [1.807, 2.05) is 0 Å². The smallest absolute Gasteiger partial charge is 0.244 e. The molecule has 0 atom stereocenters. The minimum Gasteiger partial charge on any atom is -0.384 e. The van der Waals surface area contributed by atoms with Crippen LogP contribution in [-0.2, 0) is 10.0 Å². The number of nitrogens with zero attached hydrogens (tertiary/aromatic N) is 4. The number of benzene rings is 1. The number of fused-ring (bicyclic) bond motifs is 1. The largest absolute Gasteiger partial charge is 0.384 e. The number of anilines is 1. The van der Waals surface area contributed by atoms with Crippen molar-refractivity contribution in [1.29, 1.82) is 10.5 Å². The van der Waals surface area contributed by atoms with E-state index in [-0.39, 0.29) is 18.0 Å². The van der Waals surface area contributed by atoms with Crippen molar-refractivity contribution >= 4 is 26.7 Å². The number of sulfonamides is 1. The number of hydrogen-bond donors (Lipinski definition) is 1. The minimum absolute atomic E-state index is 0.00655. The predicted molar refractivity (Wildman–Crippen MR) is 76.1 cm³/mol. The van der Waals surface area contributed by atoms with Crippen LogP contribution >= 0.6 is 0 Å². The van der Waals surface area contributed by atoms with Gasteiger partial charge in [0.2, 0.25) is 10.0 Å². The zero-order valence-corrected chi connectivity index (χ0v) is 11.7. The standard InChI is InChI=1S/C13H11N5O2S/c14-5-7-18(8-6-15)21(19,20)11-2-3-12-10(9-11)1-4-13(16)17-12/h1-4,9H,7-8H2,(H2,16,17). The van der Waals surface area contributed by atoms with Crippen molar-refractivity contribution in [3.05, 3.63) is 30.3 Å². The third-order valence-electron chi connectivity index (χ3n) is 2.81. The fourth-order valence-corrected chi connectivity index (χ4v) is 3.08. The Morgan fingerprint density at radius 2 is 1.81 bits per heavy atom. The second-order valence-corrected chi connectivity index (χ2v) is 6.12. The first-order chi connectivity index (χ1) is 9.98. The number of nitrogen functional groups attached to an aromatic ring is 1. The summed E-state index contributed by atoms with van der Waals surface area (Å²) in [5.41, 5.74) is 6.14. The Morgan fingerprint density at radius 1 is 1.14 bits per heavy atom. The molecule has 0 aliphatic carbocycles. The molecule has 2 aromatic rings. The highest BCUT2D eigenvalue weighted by molar-refractivity contribution is 7.89. The molecular weight excluding hydrogens is 290 g/mol. The lowest BCUT2D eigenvalue weighted by molar-refractivity contribution is 0.479. The molecule has 0 spiro atoms. The number of nitrogens with two attached hydrogens (primary N) is 1. The fourth-order valence-electron chi connectivity index (χ4n) is 1.81. The molecule has 0 fully saturated rings. The van der Waals surface area contributed by atoms with Crippen LogP contribution in [0.15, 0.2) is 35.2 Å². The van der Waals surface area contributed by atoms with Crippen molar-refractivity contribution in [2.75, 3.05) is 18.8 Å². The molecule has 1 aromatic carbocycles. The Balaban J connectivity index is 2.52. The third kappa shape index (κ3) is 2.92. The highest BCUT2D eigenvalue weighted by atomic mass is 32.2. The first-order valence-corrected chi connectivity index (χ1v) is 7.33. The molecule has 2 rings (SSSR count). The van der Waals surface area contributed by atoms with Gasteiger partial charge in [0.1, 0.15) is 18.9 Å². The minimum atomic E-state index is -3.90. The van der Waals surface area contributed by atoms with Crippen molar-refractivity contribution in [1.82, 2.24) is 9.29 Å². The molecule has 21 heavy (non-hydrogen) atoms. The first kappa shape index (κ1) is 14.7. The average molecular weight is 301 g/mol. The number of rotatable bonds is 4. The van der Waals surface area contributed by atoms with Crippen LogP contribution in [0.3, 0.4) is 0 Å². The Kier molecular flexibility index (Phi) is 4.03. The van der Waals surface area contributed by atoms with Gasteiger partial charge >= 0.3 is 0 Å². The molecule has 7 nitrogen and oxygen atoms in total. The number of aromatic nitrogens is 1. The summed E-state index contributed by atoms with van der Waals surface area (Å²) < 4.78 is 25.6. The van der Waals surface area contributed by atoms with Gasteiger partial charge in [0, 0.05) is 5.39 Å². The molecule has 0 amide bonds. The van der Waals surface area contributed by atoms with Crippen LogP contribution in [0.25, 0.3) is 10.9 Å². The second-order valence-electron chi connectivity index (χ2n) is 4.18. The monoisotopic (exact) mass is 301 g/mol. The number of nitriles is 2. The van der Waals surface area contributed by atoms with Gasteiger partial charge in [-0.3, -0.25) is 0 Å². The lowest BCUT2D eigenvalue weighted by Crippen LogP contribution is -2.31. The molecular formula is C13H11N5O2S. The van der Waals surface area contributed by atoms with Crippen LogP contribution in [0.4, 0.5) is 5.82 Å². The summed E-state index contributed by atoms with van der Waals surface area (Å²) in [6.07, 6.45) is 0. The summed E-state index contributed by atoms with van der Waals surface area (Å²) in [4.78, 5) is 4.09. The van der Waals surface area contributed by atoms with Crippen molar-refractivity contribution in [3.8, 4) is 12.1 Å². The highest BCUT2D eigenvalue weighted by Gasteiger charge is 2.24. The first-order valence-electron chi connectivity index (χ1n) is 5.89. The molecule has 0 aliphatic rings. The van der Waals surface area contributed by atoms with Gasteiger partial charge in [-0.05, 0) is 30.3 Å². The van der Waals surface area contributed by atoms with Gasteiger partial charge in [-0.2, -0.15) is 14.8 Å². The topological polar surface area (TPSA) is 124 Å². The maximum Gasteiger partial charge on any atom is 0.244 e. The summed E-state index contributed by atoms with van der Waals surface area (Å²) in [6.45, 7) is -0.762. The Hall–Kier alpha value is -2.68. The van der Waals surface area contributed by atoms with Crippen LogP contribution in [0.5, 0.6) is 0 Å². The number of pyridine rings is 1. The summed E-state index contributed by atoms with van der Waals surface area (Å²) in [7, 11) is -3.90. The molecule has 0 saturated heterocycles. The Labute approximate surface area is 121 Å². The summed E-state index contributed by atoms with van der Waals surface area (Å²) >= 11 is 0. The van der Waals surface area contributed by atoms with Crippen LogP contribution in [0.1, 0.15) is 0 Å².